The van der Waals surface area contributed by atoms with E-state index in [0.717, 1.165) is 39.6 Å². The second-order valence-corrected chi connectivity index (χ2v) is 7.26. The van der Waals surface area contributed by atoms with Crippen LogP contribution in [0, 0.1) is 6.92 Å². The molecule has 0 spiro atoms. The standard InChI is InChI=1S/C22H20N2OS/c1-15-7-12-19-21(13-15)26-22(24-19)16-8-10-18(11-9-16)23-14-17-5-3-4-6-20(17)25-2/h3-13,23H,14H2,1-2H3. The zero-order valence-corrected chi connectivity index (χ0v) is 15.6. The first kappa shape index (κ1) is 16.6. The average molecular weight is 360 g/mol. The third-order valence-corrected chi connectivity index (χ3v) is 5.42. The van der Waals surface area contributed by atoms with E-state index in [-0.39, 0.29) is 0 Å². The summed E-state index contributed by atoms with van der Waals surface area (Å²) >= 11 is 1.74. The van der Waals surface area contributed by atoms with Gasteiger partial charge in [-0.1, -0.05) is 24.3 Å². The number of anilines is 1. The van der Waals surface area contributed by atoms with E-state index in [1.807, 2.05) is 18.2 Å². The molecule has 0 aliphatic carbocycles. The number of benzene rings is 3. The lowest BCUT2D eigenvalue weighted by Crippen LogP contribution is -2.01. The molecule has 0 unspecified atom stereocenters. The molecule has 0 saturated carbocycles. The van der Waals surface area contributed by atoms with E-state index < -0.39 is 0 Å². The molecule has 0 aliphatic rings. The maximum atomic E-state index is 5.40. The normalized spacial score (nSPS) is 10.8. The second kappa shape index (κ2) is 7.18. The SMILES string of the molecule is COc1ccccc1CNc1ccc(-c2nc3ccc(C)cc3s2)cc1. The van der Waals surface area contributed by atoms with Crippen LogP contribution in [-0.4, -0.2) is 12.1 Å². The molecule has 4 aromatic rings. The lowest BCUT2D eigenvalue weighted by Gasteiger charge is -2.10. The molecule has 0 atom stereocenters. The number of para-hydroxylation sites is 1. The number of aryl methyl sites for hydroxylation is 1. The van der Waals surface area contributed by atoms with Gasteiger partial charge in [-0.15, -0.1) is 11.3 Å². The van der Waals surface area contributed by atoms with E-state index in [0.29, 0.717) is 0 Å². The van der Waals surface area contributed by atoms with Gasteiger partial charge >= 0.3 is 0 Å². The fourth-order valence-corrected chi connectivity index (χ4v) is 4.00. The minimum absolute atomic E-state index is 0.726. The van der Waals surface area contributed by atoms with Gasteiger partial charge in [0.2, 0.25) is 0 Å². The Kier molecular flexibility index (Phi) is 4.59. The van der Waals surface area contributed by atoms with Gasteiger partial charge in [0, 0.05) is 23.4 Å². The van der Waals surface area contributed by atoms with Crippen molar-refractivity contribution >= 4 is 27.2 Å². The summed E-state index contributed by atoms with van der Waals surface area (Å²) in [4.78, 5) is 4.75. The molecule has 0 bridgehead atoms. The van der Waals surface area contributed by atoms with E-state index in [9.17, 15) is 0 Å². The van der Waals surface area contributed by atoms with Crippen molar-refractivity contribution in [3.63, 3.8) is 0 Å². The molecular formula is C22H20N2OS. The smallest absolute Gasteiger partial charge is 0.124 e. The Morgan fingerprint density at radius 2 is 1.81 bits per heavy atom. The van der Waals surface area contributed by atoms with Gasteiger partial charge in [0.1, 0.15) is 10.8 Å². The van der Waals surface area contributed by atoms with Crippen molar-refractivity contribution in [1.82, 2.24) is 4.98 Å². The highest BCUT2D eigenvalue weighted by Crippen LogP contribution is 2.31. The number of fused-ring (bicyclic) bond motifs is 1. The average Bonchev–Trinajstić information content (AvgIpc) is 3.10. The molecule has 0 radical (unpaired) electrons. The Balaban J connectivity index is 1.51. The van der Waals surface area contributed by atoms with Gasteiger partial charge < -0.3 is 10.1 Å². The van der Waals surface area contributed by atoms with Crippen LogP contribution in [0.4, 0.5) is 5.69 Å². The summed E-state index contributed by atoms with van der Waals surface area (Å²) in [5.74, 6) is 0.904. The van der Waals surface area contributed by atoms with E-state index in [4.69, 9.17) is 9.72 Å². The third-order valence-electron chi connectivity index (χ3n) is 4.35. The number of nitrogens with one attached hydrogen (secondary N) is 1. The first-order valence-corrected chi connectivity index (χ1v) is 9.38. The maximum absolute atomic E-state index is 5.40. The zero-order chi connectivity index (χ0) is 17.9. The molecule has 1 aromatic heterocycles. The summed E-state index contributed by atoms with van der Waals surface area (Å²) in [5, 5.41) is 4.51. The Labute approximate surface area is 157 Å². The Hall–Kier alpha value is -2.85. The molecule has 3 aromatic carbocycles. The summed E-state index contributed by atoms with van der Waals surface area (Å²) < 4.78 is 6.64. The van der Waals surface area contributed by atoms with Crippen LogP contribution in [0.5, 0.6) is 5.75 Å². The minimum Gasteiger partial charge on any atom is -0.496 e. The van der Waals surface area contributed by atoms with Crippen LogP contribution in [0.25, 0.3) is 20.8 Å². The van der Waals surface area contributed by atoms with Crippen molar-refractivity contribution < 1.29 is 4.74 Å². The van der Waals surface area contributed by atoms with Crippen molar-refractivity contribution in [3.8, 4) is 16.3 Å². The number of nitrogens with zero attached hydrogens (tertiary/aromatic N) is 1. The van der Waals surface area contributed by atoms with Gasteiger partial charge in [-0.05, 0) is 55.0 Å². The van der Waals surface area contributed by atoms with E-state index in [2.05, 4.69) is 60.8 Å². The van der Waals surface area contributed by atoms with E-state index in [1.54, 1.807) is 18.4 Å². The van der Waals surface area contributed by atoms with Gasteiger partial charge in [-0.3, -0.25) is 0 Å². The number of aromatic nitrogens is 1. The van der Waals surface area contributed by atoms with Crippen LogP contribution in [0.15, 0.2) is 66.7 Å². The fourth-order valence-electron chi connectivity index (χ4n) is 2.93. The minimum atomic E-state index is 0.726. The van der Waals surface area contributed by atoms with Gasteiger partial charge in [0.05, 0.1) is 17.3 Å². The molecule has 0 amide bonds. The molecule has 0 aliphatic heterocycles. The summed E-state index contributed by atoms with van der Waals surface area (Å²) in [7, 11) is 1.70. The molecule has 1 N–H and O–H groups in total. The van der Waals surface area contributed by atoms with E-state index in [1.165, 1.54) is 10.3 Å². The van der Waals surface area contributed by atoms with Crippen LogP contribution >= 0.6 is 11.3 Å². The molecule has 4 heteroatoms. The van der Waals surface area contributed by atoms with Crippen molar-refractivity contribution in [3.05, 3.63) is 77.9 Å². The van der Waals surface area contributed by atoms with Crippen molar-refractivity contribution in [2.75, 3.05) is 12.4 Å². The Morgan fingerprint density at radius 1 is 1.00 bits per heavy atom. The lowest BCUT2D eigenvalue weighted by molar-refractivity contribution is 0.410. The molecule has 3 nitrogen and oxygen atoms in total. The number of hydrogen-bond donors (Lipinski definition) is 1. The topological polar surface area (TPSA) is 34.1 Å². The largest absolute Gasteiger partial charge is 0.496 e. The molecule has 1 heterocycles. The van der Waals surface area contributed by atoms with Crippen LogP contribution in [-0.2, 0) is 6.54 Å². The molecule has 4 rings (SSSR count). The molecule has 0 saturated heterocycles. The van der Waals surface area contributed by atoms with Crippen LogP contribution in [0.1, 0.15) is 11.1 Å². The Morgan fingerprint density at radius 3 is 2.62 bits per heavy atom. The number of ether oxygens (including phenoxy) is 1. The van der Waals surface area contributed by atoms with Crippen molar-refractivity contribution in [2.45, 2.75) is 13.5 Å². The highest BCUT2D eigenvalue weighted by atomic mass is 32.1. The summed E-state index contributed by atoms with van der Waals surface area (Å²) in [6.07, 6.45) is 0. The summed E-state index contributed by atoms with van der Waals surface area (Å²) in [5.41, 5.74) is 5.70. The van der Waals surface area contributed by atoms with Crippen LogP contribution < -0.4 is 10.1 Å². The molecular weight excluding hydrogens is 340 g/mol. The quantitative estimate of drug-likeness (QED) is 0.482. The molecule has 26 heavy (non-hydrogen) atoms. The monoisotopic (exact) mass is 360 g/mol. The first-order valence-electron chi connectivity index (χ1n) is 8.56. The number of methoxy groups -OCH3 is 1. The Bertz CT molecular complexity index is 1040. The fraction of sp³-hybridized carbons (Fsp3) is 0.136. The predicted molar refractivity (Wildman–Crippen MR) is 110 cm³/mol. The van der Waals surface area contributed by atoms with Gasteiger partial charge in [0.15, 0.2) is 0 Å². The number of rotatable bonds is 5. The van der Waals surface area contributed by atoms with Gasteiger partial charge in [-0.2, -0.15) is 0 Å². The number of hydrogen-bond acceptors (Lipinski definition) is 4. The van der Waals surface area contributed by atoms with Crippen molar-refractivity contribution in [1.29, 1.82) is 0 Å². The summed E-state index contributed by atoms with van der Waals surface area (Å²) in [6, 6.07) is 22.9. The van der Waals surface area contributed by atoms with Crippen molar-refractivity contribution in [2.24, 2.45) is 0 Å². The highest BCUT2D eigenvalue weighted by Gasteiger charge is 2.07. The first-order chi connectivity index (χ1) is 12.7. The third kappa shape index (κ3) is 3.41. The molecule has 0 fully saturated rings. The van der Waals surface area contributed by atoms with Gasteiger partial charge in [-0.25, -0.2) is 4.98 Å². The lowest BCUT2D eigenvalue weighted by atomic mass is 10.2. The molecule has 130 valence electrons. The van der Waals surface area contributed by atoms with Crippen LogP contribution in [0.3, 0.4) is 0 Å². The van der Waals surface area contributed by atoms with Gasteiger partial charge in [0.25, 0.3) is 0 Å². The zero-order valence-electron chi connectivity index (χ0n) is 14.8. The highest BCUT2D eigenvalue weighted by molar-refractivity contribution is 7.21. The predicted octanol–water partition coefficient (Wildman–Crippen LogP) is 5.89. The van der Waals surface area contributed by atoms with E-state index >= 15 is 0 Å². The maximum Gasteiger partial charge on any atom is 0.124 e. The van der Waals surface area contributed by atoms with Crippen LogP contribution in [0.2, 0.25) is 0 Å². The second-order valence-electron chi connectivity index (χ2n) is 6.23. The number of thiazole rings is 1. The summed E-state index contributed by atoms with van der Waals surface area (Å²) in [6.45, 7) is 2.84.